The summed E-state index contributed by atoms with van der Waals surface area (Å²) in [5.41, 5.74) is -14.4. The first kappa shape index (κ1) is 97.6. The van der Waals surface area contributed by atoms with Gasteiger partial charge in [0.25, 0.3) is 22.9 Å². The van der Waals surface area contributed by atoms with Gasteiger partial charge in [-0.1, -0.05) is 23.2 Å². The van der Waals surface area contributed by atoms with Crippen LogP contribution in [0.1, 0.15) is 125 Å². The molecule has 10 rings (SSSR count). The molecule has 2 bridgehead atoms. The molecular weight excluding hydrogens is 1720 g/mol. The smallest absolute Gasteiger partial charge is 0.433 e. The molecule has 3 aliphatic rings. The number of fused-ring (bicyclic) bond motifs is 2. The number of benzene rings is 2. The van der Waals surface area contributed by atoms with E-state index in [9.17, 15) is 128 Å². The van der Waals surface area contributed by atoms with Gasteiger partial charge in [0.05, 0.1) is 90.7 Å². The van der Waals surface area contributed by atoms with Crippen LogP contribution in [0.4, 0.5) is 61.5 Å². The number of ether oxygens (including phenoxy) is 7. The number of nitrogens with one attached hydrogen (secondary N) is 1. The van der Waals surface area contributed by atoms with Crippen LogP contribution in [-0.2, 0) is 105 Å². The normalized spacial score (nSPS) is 16.3. The van der Waals surface area contributed by atoms with Gasteiger partial charge in [0, 0.05) is 95.7 Å². The summed E-state index contributed by atoms with van der Waals surface area (Å²) in [7, 11) is 1.24. The highest BCUT2D eigenvalue weighted by molar-refractivity contribution is 7.87. The van der Waals surface area contributed by atoms with Crippen molar-refractivity contribution in [1.29, 1.82) is 0 Å². The molecule has 2 N–H and O–H groups in total. The van der Waals surface area contributed by atoms with E-state index in [0.717, 1.165) is 36.6 Å². The summed E-state index contributed by atoms with van der Waals surface area (Å²) in [5, 5.41) is 9.62. The number of amides is 1. The lowest BCUT2D eigenvalue weighted by molar-refractivity contribution is -0.146. The minimum absolute atomic E-state index is 0.0619. The summed E-state index contributed by atoms with van der Waals surface area (Å²) in [5.74, 6) is -11.0. The standard InChI is InChI=1S/C21H16ClF4N3O6.C19H22F3NO5.C17H17ClF4N4O5S.C17H18F3NO5/c1-3-33-18(31)10-34-19-14(5-4-6-27-19)35-15-8-13(12(23)7-11(15)22)29-17(30)9-16(21(24,25)26)28(2)20(29)32;1-27-6-7-28-9-13-12(4-5-14(23-13)19(20,21)22)18(26)15-16(24)10-2-3-11(8-10)17(15)25;1-8(2)25(4)32(30,31)23-15(28)9-5-12(11(19)6-10(9)18)26-14(27)7-13(17(20,21)22)24(3)16(26)29;1-25-7-8-26-9-11-10(5-6-14(21-11)17(18,19)20)16(24)15-12(22)3-2-4-13(15)23/h4-9H,3,10H2,1-2H3;4-5,10-11,15-16,24H,2-3,6-9H2,1H3;5-8H,1-4H3,(H,23,28);5-6,15H,2-4,7-9H2,1H3. The van der Waals surface area contributed by atoms with Crippen molar-refractivity contribution in [2.45, 2.75) is 109 Å². The fourth-order valence-electron chi connectivity index (χ4n) is 12.1. The highest BCUT2D eigenvalue weighted by atomic mass is 35.5. The number of nitrogens with zero attached hydrogens (tertiary/aromatic N) is 8. The Morgan fingerprint density at radius 1 is 0.645 bits per heavy atom. The first-order chi connectivity index (χ1) is 56.4. The third-order valence-corrected chi connectivity index (χ3v) is 20.6. The average molecular weight is 1790 g/mol. The van der Waals surface area contributed by atoms with Gasteiger partial charge in [-0.25, -0.2) is 52.0 Å². The SMILES string of the molecule is CC(C)N(C)S(=O)(=O)NC(=O)c1cc(-n2c(=O)cc(C(F)(F)F)n(C)c2=O)c(F)cc1Cl.CCOC(=O)COc1ncccc1Oc1cc(-n2c(=O)cc(C(F)(F)F)n(C)c2=O)c(F)cc1Cl.COCCOCc1nc(C(F)(F)F)ccc1C(=O)C1C(=O)C2CCC(C2)C1O.COCCOCc1nc(C(F)(F)F)ccc1C(=O)C1C(=O)CCCC1=O. The van der Waals surface area contributed by atoms with Crippen molar-refractivity contribution in [2.75, 3.05) is 60.9 Å². The number of carbonyl (C=O) groups excluding carboxylic acids is 7. The van der Waals surface area contributed by atoms with Gasteiger partial charge in [-0.2, -0.15) is 65.4 Å². The molecule has 7 aromatic rings. The first-order valence-corrected chi connectivity index (χ1v) is 37.7. The molecule has 4 atom stereocenters. The molecule has 658 valence electrons. The van der Waals surface area contributed by atoms with Crippen molar-refractivity contribution in [3.8, 4) is 28.8 Å². The molecular formula is C74H73Cl2F14N9O21S. The van der Waals surface area contributed by atoms with Crippen LogP contribution >= 0.6 is 23.2 Å². The number of hydrogen-bond donors (Lipinski definition) is 2. The Labute approximate surface area is 685 Å². The second kappa shape index (κ2) is 40.9. The maximum absolute atomic E-state index is 14.7. The zero-order chi connectivity index (χ0) is 90.5. The van der Waals surface area contributed by atoms with Gasteiger partial charge in [-0.3, -0.25) is 47.5 Å². The van der Waals surface area contributed by atoms with Gasteiger partial charge < -0.3 is 38.3 Å². The molecule has 47 heteroatoms. The van der Waals surface area contributed by atoms with Crippen molar-refractivity contribution in [3.05, 3.63) is 193 Å². The van der Waals surface area contributed by atoms with Crippen LogP contribution in [0.3, 0.4) is 0 Å². The maximum atomic E-state index is 14.7. The van der Waals surface area contributed by atoms with E-state index in [1.54, 1.807) is 11.6 Å². The minimum Gasteiger partial charge on any atom is -0.463 e. The fourth-order valence-corrected chi connectivity index (χ4v) is 13.6. The second-order valence-electron chi connectivity index (χ2n) is 26.7. The van der Waals surface area contributed by atoms with Gasteiger partial charge in [0.15, 0.2) is 35.5 Å². The van der Waals surface area contributed by atoms with Crippen LogP contribution in [0.5, 0.6) is 17.4 Å². The predicted octanol–water partition coefficient (Wildman–Crippen LogP) is 9.95. The Hall–Kier alpha value is -10.6. The van der Waals surface area contributed by atoms with Crippen LogP contribution in [0.15, 0.2) is 98.2 Å². The minimum atomic E-state index is -5.04. The zero-order valence-electron chi connectivity index (χ0n) is 64.5. The van der Waals surface area contributed by atoms with Gasteiger partial charge in [-0.05, 0) is 107 Å². The number of pyridine rings is 3. The van der Waals surface area contributed by atoms with Crippen molar-refractivity contribution >= 4 is 74.2 Å². The molecule has 0 radical (unpaired) electrons. The second-order valence-corrected chi connectivity index (χ2v) is 29.3. The van der Waals surface area contributed by atoms with E-state index in [1.807, 2.05) is 0 Å². The average Bonchev–Trinajstić information content (AvgIpc) is 1.76. The van der Waals surface area contributed by atoms with Crippen molar-refractivity contribution in [1.82, 2.24) is 42.2 Å². The number of aliphatic hydroxyl groups is 1. The molecule has 0 aliphatic heterocycles. The Balaban J connectivity index is 0.000000223. The van der Waals surface area contributed by atoms with E-state index in [0.29, 0.717) is 56.0 Å². The van der Waals surface area contributed by atoms with Crippen LogP contribution in [0.25, 0.3) is 11.4 Å². The summed E-state index contributed by atoms with van der Waals surface area (Å²) >= 11 is 11.9. The predicted molar refractivity (Wildman–Crippen MR) is 393 cm³/mol. The molecule has 2 aromatic carbocycles. The number of rotatable bonds is 26. The lowest BCUT2D eigenvalue weighted by atomic mass is 9.74. The number of methoxy groups -OCH3 is 2. The Morgan fingerprint density at radius 2 is 1.13 bits per heavy atom. The monoisotopic (exact) mass is 1790 g/mol. The fraction of sp³-hybridized carbons (Fsp3) is 0.432. The molecule has 3 aliphatic carbocycles. The van der Waals surface area contributed by atoms with Gasteiger partial charge in [0.1, 0.15) is 57.8 Å². The molecule has 121 heavy (non-hydrogen) atoms. The molecule has 5 heterocycles. The zero-order valence-corrected chi connectivity index (χ0v) is 66.8. The van der Waals surface area contributed by atoms with E-state index in [1.165, 1.54) is 53.4 Å². The topological polar surface area (TPSA) is 380 Å². The maximum Gasteiger partial charge on any atom is 0.433 e. The number of Topliss-reactive ketones (excluding diaryl/α,β-unsaturated/α-hetero) is 5. The Morgan fingerprint density at radius 3 is 1.60 bits per heavy atom. The Kier molecular flexibility index (Phi) is 33.0. The van der Waals surface area contributed by atoms with E-state index in [-0.39, 0.29) is 152 Å². The number of alkyl halides is 12. The molecule has 4 unspecified atom stereocenters. The van der Waals surface area contributed by atoms with Crippen molar-refractivity contribution < 1.29 is 142 Å². The molecule has 3 saturated carbocycles. The molecule has 0 spiro atoms. The van der Waals surface area contributed by atoms with Crippen molar-refractivity contribution in [3.63, 3.8) is 0 Å². The third-order valence-electron chi connectivity index (χ3n) is 18.3. The number of hydrogen-bond acceptors (Lipinski definition) is 24. The summed E-state index contributed by atoms with van der Waals surface area (Å²) in [4.78, 5) is 147. The molecule has 30 nitrogen and oxygen atoms in total. The molecule has 1 amide bonds. The number of aliphatic hydroxyl groups excluding tert-OH is 1. The lowest BCUT2D eigenvalue weighted by Crippen LogP contribution is -2.45. The van der Waals surface area contributed by atoms with Crippen LogP contribution < -0.4 is 36.7 Å². The number of esters is 1. The summed E-state index contributed by atoms with van der Waals surface area (Å²) in [6.07, 6.45) is -16.8. The third kappa shape index (κ3) is 24.2. The van der Waals surface area contributed by atoms with Gasteiger partial charge in [0.2, 0.25) is 0 Å². The lowest BCUT2D eigenvalue weighted by Gasteiger charge is -2.31. The largest absolute Gasteiger partial charge is 0.463 e. The number of halogens is 16. The first-order valence-electron chi connectivity index (χ1n) is 35.6. The van der Waals surface area contributed by atoms with Crippen molar-refractivity contribution in [2.24, 2.45) is 37.8 Å². The van der Waals surface area contributed by atoms with E-state index < -0.39 is 179 Å². The van der Waals surface area contributed by atoms with Crippen LogP contribution in [0, 0.1) is 35.3 Å². The van der Waals surface area contributed by atoms with Crippen LogP contribution in [-0.4, -0.2) is 165 Å². The van der Waals surface area contributed by atoms with Crippen LogP contribution in [0.2, 0.25) is 10.0 Å². The molecule has 0 saturated heterocycles. The number of ketones is 5. The molecule has 3 fully saturated rings. The molecule has 5 aromatic heterocycles. The number of aromatic nitrogens is 7. The van der Waals surface area contributed by atoms with E-state index in [2.05, 4.69) is 15.0 Å². The summed E-state index contributed by atoms with van der Waals surface area (Å²) in [6, 6.07) is 8.54. The number of carbonyl (C=O) groups is 7. The Bertz CT molecular complexity index is 5410. The highest BCUT2D eigenvalue weighted by Gasteiger charge is 2.51. The van der Waals surface area contributed by atoms with Gasteiger partial charge in [-0.15, -0.1) is 0 Å². The summed E-state index contributed by atoms with van der Waals surface area (Å²) < 4.78 is 248. The van der Waals surface area contributed by atoms with E-state index in [4.69, 9.17) is 56.4 Å². The van der Waals surface area contributed by atoms with E-state index >= 15 is 0 Å². The summed E-state index contributed by atoms with van der Waals surface area (Å²) in [6.45, 7) is 4.22. The van der Waals surface area contributed by atoms with Gasteiger partial charge >= 0.3 is 52.3 Å². The quantitative estimate of drug-likeness (QED) is 0.0167. The highest BCUT2D eigenvalue weighted by Crippen LogP contribution is 2.45.